The van der Waals surface area contributed by atoms with E-state index in [2.05, 4.69) is 36.1 Å². The molecule has 0 radical (unpaired) electrons. The Bertz CT molecular complexity index is 347. The van der Waals surface area contributed by atoms with E-state index in [0.29, 0.717) is 6.10 Å². The van der Waals surface area contributed by atoms with E-state index < -0.39 is 0 Å². The number of aryl methyl sites for hydroxylation is 2. The van der Waals surface area contributed by atoms with Crippen LogP contribution in [0.15, 0.2) is 0 Å². The van der Waals surface area contributed by atoms with Crippen molar-refractivity contribution in [2.45, 2.75) is 26.5 Å². The van der Waals surface area contributed by atoms with E-state index in [0.717, 1.165) is 38.5 Å². The smallest absolute Gasteiger partial charge is 0.107 e. The van der Waals surface area contributed by atoms with Crippen LogP contribution in [0.5, 0.6) is 0 Å². The number of ether oxygens (including phenoxy) is 1. The van der Waals surface area contributed by atoms with Crippen LogP contribution in [0.1, 0.15) is 15.6 Å². The predicted octanol–water partition coefficient (Wildman–Crippen LogP) is 1.18. The van der Waals surface area contributed by atoms with Crippen LogP contribution in [0.2, 0.25) is 0 Å². The van der Waals surface area contributed by atoms with Gasteiger partial charge in [-0.15, -0.1) is 11.3 Å². The predicted molar refractivity (Wildman–Crippen MR) is 70.5 cm³/mol. The molecule has 1 aliphatic heterocycles. The summed E-state index contributed by atoms with van der Waals surface area (Å²) in [4.78, 5) is 8.14. The fourth-order valence-electron chi connectivity index (χ4n) is 1.95. The molecule has 4 nitrogen and oxygen atoms in total. The van der Waals surface area contributed by atoms with Crippen molar-refractivity contribution in [3.8, 4) is 0 Å². The number of hydrogen-bond acceptors (Lipinski definition) is 5. The van der Waals surface area contributed by atoms with Gasteiger partial charge in [-0.2, -0.15) is 0 Å². The van der Waals surface area contributed by atoms with E-state index in [9.17, 15) is 0 Å². The number of hydrogen-bond donors (Lipinski definition) is 1. The fourth-order valence-corrected chi connectivity index (χ4v) is 2.85. The van der Waals surface area contributed by atoms with Crippen LogP contribution < -0.4 is 5.32 Å². The molecule has 1 aromatic heterocycles. The van der Waals surface area contributed by atoms with Crippen LogP contribution in [0, 0.1) is 13.8 Å². The Balaban J connectivity index is 1.72. The van der Waals surface area contributed by atoms with Gasteiger partial charge in [0.1, 0.15) is 5.01 Å². The molecule has 0 aromatic carbocycles. The lowest BCUT2D eigenvalue weighted by Gasteiger charge is -2.30. The molecule has 1 unspecified atom stereocenters. The standard InChI is InChI=1S/C12H21N3OS/c1-9-10(2)17-12(14-9)7-13-6-11-8-15(3)4-5-16-11/h11,13H,4-8H2,1-3H3. The summed E-state index contributed by atoms with van der Waals surface area (Å²) in [5.41, 5.74) is 1.15. The third-order valence-corrected chi connectivity index (χ3v) is 4.14. The molecule has 2 heterocycles. The van der Waals surface area contributed by atoms with Crippen molar-refractivity contribution in [2.24, 2.45) is 0 Å². The monoisotopic (exact) mass is 255 g/mol. The van der Waals surface area contributed by atoms with Crippen molar-refractivity contribution in [1.82, 2.24) is 15.2 Å². The summed E-state index contributed by atoms with van der Waals surface area (Å²) in [6, 6.07) is 0. The minimum atomic E-state index is 0.316. The van der Waals surface area contributed by atoms with Gasteiger partial charge < -0.3 is 15.0 Å². The highest BCUT2D eigenvalue weighted by molar-refractivity contribution is 7.11. The molecule has 1 aromatic rings. The minimum Gasteiger partial charge on any atom is -0.374 e. The number of rotatable bonds is 4. The first-order valence-electron chi connectivity index (χ1n) is 6.09. The summed E-state index contributed by atoms with van der Waals surface area (Å²) in [7, 11) is 2.14. The molecule has 17 heavy (non-hydrogen) atoms. The van der Waals surface area contributed by atoms with Crippen LogP contribution in [0.4, 0.5) is 0 Å². The van der Waals surface area contributed by atoms with Crippen molar-refractivity contribution >= 4 is 11.3 Å². The van der Waals surface area contributed by atoms with Gasteiger partial charge in [0.25, 0.3) is 0 Å². The molecule has 0 spiro atoms. The number of thiazole rings is 1. The zero-order valence-corrected chi connectivity index (χ0v) is 11.6. The molecule has 0 saturated carbocycles. The van der Waals surface area contributed by atoms with Crippen LogP contribution in [-0.4, -0.2) is 49.3 Å². The average Bonchev–Trinajstić information content (AvgIpc) is 2.58. The lowest BCUT2D eigenvalue weighted by atomic mass is 10.3. The van der Waals surface area contributed by atoms with Crippen molar-refractivity contribution in [2.75, 3.05) is 33.3 Å². The Morgan fingerprint density at radius 3 is 3.00 bits per heavy atom. The Morgan fingerprint density at radius 1 is 1.53 bits per heavy atom. The molecule has 0 amide bonds. The van der Waals surface area contributed by atoms with Crippen molar-refractivity contribution in [1.29, 1.82) is 0 Å². The topological polar surface area (TPSA) is 37.4 Å². The van der Waals surface area contributed by atoms with Crippen LogP contribution >= 0.6 is 11.3 Å². The molecule has 1 fully saturated rings. The zero-order chi connectivity index (χ0) is 12.3. The second kappa shape index (κ2) is 5.91. The molecule has 0 aliphatic carbocycles. The normalized spacial score (nSPS) is 21.9. The second-order valence-electron chi connectivity index (χ2n) is 4.64. The lowest BCUT2D eigenvalue weighted by molar-refractivity contribution is -0.0182. The van der Waals surface area contributed by atoms with E-state index >= 15 is 0 Å². The molecule has 5 heteroatoms. The quantitative estimate of drug-likeness (QED) is 0.877. The SMILES string of the molecule is Cc1nc(CNCC2CN(C)CCO2)sc1C. The maximum Gasteiger partial charge on any atom is 0.107 e. The Kier molecular flexibility index (Phi) is 4.50. The molecular weight excluding hydrogens is 234 g/mol. The first kappa shape index (κ1) is 13.0. The summed E-state index contributed by atoms with van der Waals surface area (Å²) in [6.45, 7) is 8.85. The maximum absolute atomic E-state index is 5.69. The fraction of sp³-hybridized carbons (Fsp3) is 0.750. The maximum atomic E-state index is 5.69. The van der Waals surface area contributed by atoms with Gasteiger partial charge in [-0.05, 0) is 20.9 Å². The van der Waals surface area contributed by atoms with Crippen LogP contribution in [0.3, 0.4) is 0 Å². The summed E-state index contributed by atoms with van der Waals surface area (Å²) in [5, 5.41) is 4.60. The van der Waals surface area contributed by atoms with Crippen molar-refractivity contribution in [3.63, 3.8) is 0 Å². The largest absolute Gasteiger partial charge is 0.374 e. The molecule has 0 bridgehead atoms. The lowest BCUT2D eigenvalue weighted by Crippen LogP contribution is -2.44. The number of morpholine rings is 1. The molecule has 2 rings (SSSR count). The van der Waals surface area contributed by atoms with Crippen molar-refractivity contribution < 1.29 is 4.74 Å². The van der Waals surface area contributed by atoms with Crippen LogP contribution in [-0.2, 0) is 11.3 Å². The third kappa shape index (κ3) is 3.74. The minimum absolute atomic E-state index is 0.316. The number of nitrogens with one attached hydrogen (secondary N) is 1. The Morgan fingerprint density at radius 2 is 2.35 bits per heavy atom. The van der Waals surface area contributed by atoms with Crippen molar-refractivity contribution in [3.05, 3.63) is 15.6 Å². The van der Waals surface area contributed by atoms with Gasteiger partial charge in [0.05, 0.1) is 18.4 Å². The summed E-state index contributed by atoms with van der Waals surface area (Å²) >= 11 is 1.78. The van der Waals surface area contributed by atoms with E-state index in [-0.39, 0.29) is 0 Å². The molecule has 1 aliphatic rings. The molecule has 1 N–H and O–H groups in total. The van der Waals surface area contributed by atoms with Gasteiger partial charge >= 0.3 is 0 Å². The van der Waals surface area contributed by atoms with E-state index in [1.165, 1.54) is 9.88 Å². The summed E-state index contributed by atoms with van der Waals surface area (Å²) in [5.74, 6) is 0. The van der Waals surface area contributed by atoms with Gasteiger partial charge in [-0.3, -0.25) is 0 Å². The number of nitrogens with zero attached hydrogens (tertiary/aromatic N) is 2. The van der Waals surface area contributed by atoms with Gasteiger partial charge in [-0.1, -0.05) is 0 Å². The average molecular weight is 255 g/mol. The second-order valence-corrected chi connectivity index (χ2v) is 5.92. The Labute approximate surface area is 107 Å². The first-order valence-corrected chi connectivity index (χ1v) is 6.90. The van der Waals surface area contributed by atoms with Gasteiger partial charge in [0, 0.05) is 31.1 Å². The third-order valence-electron chi connectivity index (χ3n) is 3.06. The number of aromatic nitrogens is 1. The molecule has 96 valence electrons. The number of likely N-dealkylation sites (N-methyl/N-ethyl adjacent to an activating group) is 1. The van der Waals surface area contributed by atoms with Crippen LogP contribution in [0.25, 0.3) is 0 Å². The zero-order valence-electron chi connectivity index (χ0n) is 10.8. The summed E-state index contributed by atoms with van der Waals surface area (Å²) in [6.07, 6.45) is 0.316. The Hall–Kier alpha value is -0.490. The molecular formula is C12H21N3OS. The van der Waals surface area contributed by atoms with Gasteiger partial charge in [-0.25, -0.2) is 4.98 Å². The van der Waals surface area contributed by atoms with E-state index in [1.54, 1.807) is 11.3 Å². The van der Waals surface area contributed by atoms with Gasteiger partial charge in [0.2, 0.25) is 0 Å². The highest BCUT2D eigenvalue weighted by Gasteiger charge is 2.17. The van der Waals surface area contributed by atoms with E-state index in [4.69, 9.17) is 4.74 Å². The highest BCUT2D eigenvalue weighted by atomic mass is 32.1. The highest BCUT2D eigenvalue weighted by Crippen LogP contribution is 2.15. The molecule has 1 atom stereocenters. The van der Waals surface area contributed by atoms with Gasteiger partial charge in [0.15, 0.2) is 0 Å². The first-order chi connectivity index (χ1) is 8.15. The molecule has 1 saturated heterocycles. The van der Waals surface area contributed by atoms with E-state index in [1.807, 2.05) is 0 Å². The summed E-state index contributed by atoms with van der Waals surface area (Å²) < 4.78 is 5.69.